The van der Waals surface area contributed by atoms with Gasteiger partial charge in [0.25, 0.3) is 11.4 Å². The summed E-state index contributed by atoms with van der Waals surface area (Å²) in [6, 6.07) is 11.2. The fourth-order valence-electron chi connectivity index (χ4n) is 2.30. The predicted octanol–water partition coefficient (Wildman–Crippen LogP) is 2.27. The topological polar surface area (TPSA) is 169 Å². The zero-order valence-corrected chi connectivity index (χ0v) is 16.6. The van der Waals surface area contributed by atoms with Gasteiger partial charge in [0.05, 0.1) is 21.3 Å². The van der Waals surface area contributed by atoms with Gasteiger partial charge in [-0.05, 0) is 49.2 Å². The van der Waals surface area contributed by atoms with Crippen molar-refractivity contribution >= 4 is 34.6 Å². The number of carbonyl (C=O) groups is 2. The summed E-state index contributed by atoms with van der Waals surface area (Å²) in [7, 11) is 0. The van der Waals surface area contributed by atoms with E-state index in [0.29, 0.717) is 22.6 Å². The van der Waals surface area contributed by atoms with E-state index in [1.807, 2.05) is 0 Å². The van der Waals surface area contributed by atoms with Gasteiger partial charge in [0.1, 0.15) is 6.42 Å². The predicted molar refractivity (Wildman–Crippen MR) is 112 cm³/mol. The van der Waals surface area contributed by atoms with E-state index in [0.717, 1.165) is 0 Å². The van der Waals surface area contributed by atoms with Crippen molar-refractivity contribution in [3.05, 3.63) is 79.9 Å². The molecule has 12 nitrogen and oxygen atoms in total. The van der Waals surface area contributed by atoms with Gasteiger partial charge in [-0.2, -0.15) is 10.2 Å². The number of hydrogen-bond acceptors (Lipinski definition) is 8. The number of hydrogen-bond donors (Lipinski definition) is 2. The normalized spacial score (nSPS) is 11.5. The lowest BCUT2D eigenvalue weighted by Crippen LogP contribution is -2.28. The Morgan fingerprint density at radius 1 is 0.742 bits per heavy atom. The second-order valence-corrected chi connectivity index (χ2v) is 6.25. The molecule has 2 rings (SSSR count). The number of hydrazone groups is 2. The maximum absolute atomic E-state index is 11.9. The maximum atomic E-state index is 11.9. The van der Waals surface area contributed by atoms with Gasteiger partial charge in [0, 0.05) is 24.3 Å². The molecule has 0 aliphatic heterocycles. The van der Waals surface area contributed by atoms with Gasteiger partial charge in [-0.1, -0.05) is 0 Å². The first-order valence-electron chi connectivity index (χ1n) is 8.83. The molecule has 0 radical (unpaired) electrons. The molecule has 2 aromatic rings. The summed E-state index contributed by atoms with van der Waals surface area (Å²) >= 11 is 0. The fourth-order valence-corrected chi connectivity index (χ4v) is 2.30. The van der Waals surface area contributed by atoms with Crippen LogP contribution in [0.15, 0.2) is 58.7 Å². The second-order valence-electron chi connectivity index (χ2n) is 6.25. The molecule has 2 amide bonds. The molecule has 2 aromatic carbocycles. The van der Waals surface area contributed by atoms with E-state index in [1.54, 1.807) is 13.8 Å². The number of benzene rings is 2. The molecule has 0 spiro atoms. The van der Waals surface area contributed by atoms with Gasteiger partial charge < -0.3 is 0 Å². The van der Waals surface area contributed by atoms with Gasteiger partial charge in [0.2, 0.25) is 11.8 Å². The summed E-state index contributed by atoms with van der Waals surface area (Å²) in [4.78, 5) is 44.0. The van der Waals surface area contributed by atoms with E-state index in [4.69, 9.17) is 0 Å². The zero-order valence-electron chi connectivity index (χ0n) is 16.6. The van der Waals surface area contributed by atoms with Crippen molar-refractivity contribution in [2.24, 2.45) is 10.2 Å². The number of rotatable bonds is 8. The van der Waals surface area contributed by atoms with E-state index in [9.17, 15) is 29.8 Å². The molecular formula is C19H18N6O6. The summed E-state index contributed by atoms with van der Waals surface area (Å²) in [5, 5.41) is 29.0. The lowest BCUT2D eigenvalue weighted by molar-refractivity contribution is -0.385. The van der Waals surface area contributed by atoms with Crippen LogP contribution in [0.5, 0.6) is 0 Å². The van der Waals surface area contributed by atoms with E-state index in [2.05, 4.69) is 21.1 Å². The Morgan fingerprint density at radius 2 is 1.06 bits per heavy atom. The van der Waals surface area contributed by atoms with Crippen LogP contribution in [-0.4, -0.2) is 33.1 Å². The largest absolute Gasteiger partial charge is 0.273 e. The third kappa shape index (κ3) is 6.81. The fraction of sp³-hybridized carbons (Fsp3) is 0.158. The van der Waals surface area contributed by atoms with Crippen LogP contribution in [0.2, 0.25) is 0 Å². The Balaban J connectivity index is 1.87. The van der Waals surface area contributed by atoms with Crippen LogP contribution in [0.25, 0.3) is 0 Å². The van der Waals surface area contributed by atoms with Gasteiger partial charge in [-0.15, -0.1) is 0 Å². The van der Waals surface area contributed by atoms with Crippen molar-refractivity contribution in [1.29, 1.82) is 0 Å². The lowest BCUT2D eigenvalue weighted by atomic mass is 10.1. The van der Waals surface area contributed by atoms with E-state index >= 15 is 0 Å². The number of nitro groups is 2. The molecule has 0 aliphatic carbocycles. The quantitative estimate of drug-likeness (QED) is 0.284. The van der Waals surface area contributed by atoms with Crippen LogP contribution in [0.4, 0.5) is 11.4 Å². The molecule has 31 heavy (non-hydrogen) atoms. The van der Waals surface area contributed by atoms with E-state index < -0.39 is 28.1 Å². The minimum Gasteiger partial charge on any atom is -0.273 e. The Labute approximate surface area is 176 Å². The Hall–Kier alpha value is -4.48. The van der Waals surface area contributed by atoms with Crippen LogP contribution in [0.1, 0.15) is 31.4 Å². The molecule has 160 valence electrons. The van der Waals surface area contributed by atoms with Gasteiger partial charge in [-0.3, -0.25) is 29.8 Å². The molecule has 0 unspecified atom stereocenters. The highest BCUT2D eigenvalue weighted by Crippen LogP contribution is 2.13. The molecule has 0 saturated carbocycles. The number of non-ortho nitro benzene ring substituents is 2. The molecule has 0 aliphatic rings. The molecule has 2 N–H and O–H groups in total. The first kappa shape index (κ1) is 22.8. The maximum Gasteiger partial charge on any atom is 0.269 e. The van der Waals surface area contributed by atoms with Crippen molar-refractivity contribution in [2.75, 3.05) is 0 Å². The number of nitrogens with one attached hydrogen (secondary N) is 2. The molecule has 0 heterocycles. The first-order chi connectivity index (χ1) is 14.7. The highest BCUT2D eigenvalue weighted by atomic mass is 16.6. The number of nitrogens with zero attached hydrogens (tertiary/aromatic N) is 4. The van der Waals surface area contributed by atoms with Crippen molar-refractivity contribution in [3.63, 3.8) is 0 Å². The molecular weight excluding hydrogens is 408 g/mol. The number of nitro benzene ring substituents is 2. The van der Waals surface area contributed by atoms with Crippen LogP contribution in [-0.2, 0) is 9.59 Å². The Bertz CT molecular complexity index is 975. The average molecular weight is 426 g/mol. The van der Waals surface area contributed by atoms with Gasteiger partial charge >= 0.3 is 0 Å². The first-order valence-corrected chi connectivity index (χ1v) is 8.83. The SMILES string of the molecule is C/C(=N\NC(=O)CC(=O)N/N=C(\C)c1ccc([N+](=O)[O-])cc1)c1ccc([N+](=O)[O-])cc1. The standard InChI is InChI=1S/C19H18N6O6/c1-12(14-3-7-16(8-4-14)24(28)29)20-22-18(26)11-19(27)23-21-13(2)15-5-9-17(10-6-15)25(30)31/h3-10H,11H2,1-2H3,(H,22,26)(H,23,27)/b20-12+,21-13+. The van der Waals surface area contributed by atoms with E-state index in [1.165, 1.54) is 48.5 Å². The summed E-state index contributed by atoms with van der Waals surface area (Å²) in [5.74, 6) is -1.36. The summed E-state index contributed by atoms with van der Waals surface area (Å²) in [5.41, 5.74) is 6.25. The van der Waals surface area contributed by atoms with Crippen LogP contribution in [0.3, 0.4) is 0 Å². The highest BCUT2D eigenvalue weighted by molar-refractivity contribution is 6.02. The third-order valence-corrected chi connectivity index (χ3v) is 4.01. The van der Waals surface area contributed by atoms with Crippen molar-refractivity contribution in [2.45, 2.75) is 20.3 Å². The molecule has 0 saturated heterocycles. The summed E-state index contributed by atoms with van der Waals surface area (Å²) in [6.45, 7) is 3.19. The molecule has 0 atom stereocenters. The molecule has 0 bridgehead atoms. The monoisotopic (exact) mass is 426 g/mol. The van der Waals surface area contributed by atoms with Crippen molar-refractivity contribution in [1.82, 2.24) is 10.9 Å². The minimum absolute atomic E-state index is 0.0677. The number of carbonyl (C=O) groups excluding carboxylic acids is 2. The van der Waals surface area contributed by atoms with Crippen molar-refractivity contribution in [3.8, 4) is 0 Å². The van der Waals surface area contributed by atoms with E-state index in [-0.39, 0.29) is 11.4 Å². The molecule has 0 aromatic heterocycles. The van der Waals surface area contributed by atoms with Gasteiger partial charge in [0.15, 0.2) is 0 Å². The minimum atomic E-state index is -0.679. The van der Waals surface area contributed by atoms with Crippen LogP contribution < -0.4 is 10.9 Å². The van der Waals surface area contributed by atoms with Crippen LogP contribution in [0, 0.1) is 20.2 Å². The van der Waals surface area contributed by atoms with Gasteiger partial charge in [-0.25, -0.2) is 10.9 Å². The Morgan fingerprint density at radius 3 is 1.35 bits per heavy atom. The smallest absolute Gasteiger partial charge is 0.269 e. The molecule has 0 fully saturated rings. The third-order valence-electron chi connectivity index (χ3n) is 4.01. The summed E-state index contributed by atoms with van der Waals surface area (Å²) in [6.07, 6.45) is -0.534. The highest BCUT2D eigenvalue weighted by Gasteiger charge is 2.10. The zero-order chi connectivity index (χ0) is 23.0. The lowest BCUT2D eigenvalue weighted by Gasteiger charge is -2.04. The van der Waals surface area contributed by atoms with Crippen molar-refractivity contribution < 1.29 is 19.4 Å². The number of amides is 2. The second kappa shape index (κ2) is 10.3. The average Bonchev–Trinajstić information content (AvgIpc) is 2.75. The Kier molecular flexibility index (Phi) is 7.61. The summed E-state index contributed by atoms with van der Waals surface area (Å²) < 4.78 is 0. The molecule has 12 heteroatoms. The van der Waals surface area contributed by atoms with Crippen LogP contribution >= 0.6 is 0 Å².